The van der Waals surface area contributed by atoms with Gasteiger partial charge in [-0.05, 0) is 12.1 Å². The van der Waals surface area contributed by atoms with Crippen molar-refractivity contribution in [2.24, 2.45) is 5.92 Å². The third kappa shape index (κ3) is 5.63. The predicted octanol–water partition coefficient (Wildman–Crippen LogP) is 0.983. The molecule has 0 aliphatic carbocycles. The van der Waals surface area contributed by atoms with Crippen LogP contribution in [0.25, 0.3) is 0 Å². The van der Waals surface area contributed by atoms with Crippen molar-refractivity contribution >= 4 is 21.8 Å². The summed E-state index contributed by atoms with van der Waals surface area (Å²) in [6.45, 7) is 3.24. The Balaban J connectivity index is 0. The van der Waals surface area contributed by atoms with E-state index >= 15 is 0 Å². The van der Waals surface area contributed by atoms with Gasteiger partial charge in [0.05, 0.1) is 5.69 Å². The van der Waals surface area contributed by atoms with Gasteiger partial charge < -0.3 is 7.43 Å². The first-order valence-electron chi connectivity index (χ1n) is 5.05. The van der Waals surface area contributed by atoms with Crippen LogP contribution in [0.2, 0.25) is 0 Å². The van der Waals surface area contributed by atoms with Gasteiger partial charge in [-0.2, -0.15) is 8.42 Å². The maximum absolute atomic E-state index is 11.8. The van der Waals surface area contributed by atoms with Crippen LogP contribution in [0.15, 0.2) is 24.5 Å². The smallest absolute Gasteiger partial charge is 0.325 e. The second-order valence-electron chi connectivity index (χ2n) is 3.80. The zero-order valence-electron chi connectivity index (χ0n) is 11.4. The van der Waals surface area contributed by atoms with E-state index in [1.165, 1.54) is 19.4 Å². The van der Waals surface area contributed by atoms with Crippen molar-refractivity contribution in [1.29, 1.82) is 0 Å². The van der Waals surface area contributed by atoms with E-state index in [1.807, 2.05) is 4.72 Å². The zero-order valence-corrected chi connectivity index (χ0v) is 13.6. The van der Waals surface area contributed by atoms with Gasteiger partial charge >= 0.3 is 10.2 Å². The Morgan fingerprint density at radius 3 is 2.21 bits per heavy atom. The SMILES string of the molecule is CC(C)C(=O)NS(=O)(=O)N(C)c1ccncc1.[CH3-].[V]. The van der Waals surface area contributed by atoms with Crippen molar-refractivity contribution < 1.29 is 31.8 Å². The first-order chi connectivity index (χ1) is 7.84. The summed E-state index contributed by atoms with van der Waals surface area (Å²) in [5.41, 5.74) is 0.434. The maximum Gasteiger partial charge on any atom is 0.325 e. The second-order valence-corrected chi connectivity index (χ2v) is 5.50. The average Bonchev–Trinajstić information content (AvgIpc) is 2.28. The predicted molar refractivity (Wildman–Crippen MR) is 71.0 cm³/mol. The minimum absolute atomic E-state index is 0. The Morgan fingerprint density at radius 1 is 1.32 bits per heavy atom. The van der Waals surface area contributed by atoms with E-state index in [4.69, 9.17) is 0 Å². The molecule has 0 aliphatic rings. The van der Waals surface area contributed by atoms with Crippen LogP contribution in [0.3, 0.4) is 0 Å². The number of pyridine rings is 1. The minimum atomic E-state index is -3.85. The average molecular weight is 323 g/mol. The van der Waals surface area contributed by atoms with Gasteiger partial charge in [0.15, 0.2) is 0 Å². The molecule has 1 amide bonds. The van der Waals surface area contributed by atoms with Crippen LogP contribution in [0.1, 0.15) is 13.8 Å². The summed E-state index contributed by atoms with van der Waals surface area (Å²) in [5.74, 6) is -0.929. The van der Waals surface area contributed by atoms with Crippen molar-refractivity contribution in [3.8, 4) is 0 Å². The molecule has 1 aromatic rings. The van der Waals surface area contributed by atoms with Crippen LogP contribution in [0.5, 0.6) is 0 Å². The van der Waals surface area contributed by atoms with Crippen LogP contribution < -0.4 is 9.03 Å². The van der Waals surface area contributed by atoms with Crippen LogP contribution >= 0.6 is 0 Å². The van der Waals surface area contributed by atoms with Crippen molar-refractivity contribution in [2.45, 2.75) is 13.8 Å². The van der Waals surface area contributed by atoms with Gasteiger partial charge in [0.25, 0.3) is 0 Å². The molecule has 0 aromatic carbocycles. The zero-order chi connectivity index (χ0) is 13.1. The van der Waals surface area contributed by atoms with Crippen LogP contribution in [0, 0.1) is 13.3 Å². The van der Waals surface area contributed by atoms with Gasteiger partial charge in [-0.15, -0.1) is 0 Å². The molecule has 0 aliphatic heterocycles. The number of anilines is 1. The third-order valence-corrected chi connectivity index (χ3v) is 3.53. The molecule has 1 N–H and O–H groups in total. The molecule has 0 fully saturated rings. The fourth-order valence-corrected chi connectivity index (χ4v) is 2.03. The number of nitrogens with one attached hydrogen (secondary N) is 1. The van der Waals surface area contributed by atoms with E-state index in [0.717, 1.165) is 4.31 Å². The summed E-state index contributed by atoms with van der Waals surface area (Å²) in [4.78, 5) is 15.2. The Kier molecular flexibility index (Phi) is 8.74. The van der Waals surface area contributed by atoms with Crippen LogP contribution in [-0.2, 0) is 33.6 Å². The molecule has 1 rings (SSSR count). The van der Waals surface area contributed by atoms with E-state index in [9.17, 15) is 13.2 Å². The van der Waals surface area contributed by atoms with Gasteiger partial charge in [0.1, 0.15) is 0 Å². The summed E-state index contributed by atoms with van der Waals surface area (Å²) in [5, 5.41) is 0. The van der Waals surface area contributed by atoms with Gasteiger partial charge in [-0.3, -0.25) is 14.1 Å². The number of amides is 1. The molecular formula is C11H18N3O3SV-. The van der Waals surface area contributed by atoms with Crippen LogP contribution in [0.4, 0.5) is 5.69 Å². The maximum atomic E-state index is 11.8. The summed E-state index contributed by atoms with van der Waals surface area (Å²) >= 11 is 0. The van der Waals surface area contributed by atoms with Gasteiger partial charge in [-0.25, -0.2) is 4.72 Å². The Hall–Kier alpha value is -1.05. The molecule has 6 nitrogen and oxygen atoms in total. The standard InChI is InChI=1S/C10H15N3O3S.CH3.V/c1-8(2)10(14)12-17(15,16)13(3)9-4-6-11-7-5-9;;/h4-8H,1-3H3,(H,12,14);1H3;/q;-1;. The number of hydrogen-bond donors (Lipinski definition) is 1. The monoisotopic (exact) mass is 323 g/mol. The Bertz CT molecular complexity index is 491. The molecule has 1 radical (unpaired) electrons. The van der Waals surface area contributed by atoms with Gasteiger partial charge in [0.2, 0.25) is 5.91 Å². The molecule has 0 bridgehead atoms. The van der Waals surface area contributed by atoms with E-state index in [2.05, 4.69) is 4.98 Å². The van der Waals surface area contributed by atoms with Crippen molar-refractivity contribution in [2.75, 3.05) is 11.4 Å². The number of hydrogen-bond acceptors (Lipinski definition) is 4. The first kappa shape index (κ1) is 20.3. The summed E-state index contributed by atoms with van der Waals surface area (Å²) in [6.07, 6.45) is 2.96. The van der Waals surface area contributed by atoms with Gasteiger partial charge in [-0.1, -0.05) is 13.8 Å². The molecule has 0 unspecified atom stereocenters. The largest absolute Gasteiger partial charge is 0.358 e. The topological polar surface area (TPSA) is 79.4 Å². The molecule has 0 atom stereocenters. The molecule has 0 saturated heterocycles. The number of rotatable bonds is 4. The normalized spacial score (nSPS) is 10.1. The summed E-state index contributed by atoms with van der Waals surface area (Å²) < 4.78 is 26.6. The number of nitrogens with zero attached hydrogens (tertiary/aromatic N) is 2. The second kappa shape index (κ2) is 8.19. The van der Waals surface area contributed by atoms with E-state index in [-0.39, 0.29) is 26.0 Å². The molecule has 0 saturated carbocycles. The Labute approximate surface area is 126 Å². The number of carbonyl (C=O) groups excluding carboxylic acids is 1. The van der Waals surface area contributed by atoms with E-state index in [1.54, 1.807) is 26.0 Å². The quantitative estimate of drug-likeness (QED) is 0.838. The molecular weight excluding hydrogens is 305 g/mol. The summed E-state index contributed by atoms with van der Waals surface area (Å²) in [6, 6.07) is 3.08. The first-order valence-corrected chi connectivity index (χ1v) is 6.49. The number of carbonyl (C=O) groups is 1. The number of aromatic nitrogens is 1. The van der Waals surface area contributed by atoms with Gasteiger partial charge in [0, 0.05) is 43.9 Å². The molecule has 1 aromatic heterocycles. The molecule has 8 heteroatoms. The fourth-order valence-electron chi connectivity index (χ4n) is 1.01. The minimum Gasteiger partial charge on any atom is -0.358 e. The Morgan fingerprint density at radius 2 is 1.79 bits per heavy atom. The van der Waals surface area contributed by atoms with Crippen LogP contribution in [-0.4, -0.2) is 26.4 Å². The molecule has 107 valence electrons. The van der Waals surface area contributed by atoms with Crippen molar-refractivity contribution in [3.05, 3.63) is 32.0 Å². The summed E-state index contributed by atoms with van der Waals surface area (Å²) in [7, 11) is -2.49. The van der Waals surface area contributed by atoms with Crippen molar-refractivity contribution in [1.82, 2.24) is 9.71 Å². The third-order valence-electron chi connectivity index (χ3n) is 2.14. The molecule has 0 spiro atoms. The molecule has 1 heterocycles. The molecule has 19 heavy (non-hydrogen) atoms. The van der Waals surface area contributed by atoms with E-state index < -0.39 is 22.0 Å². The fraction of sp³-hybridized carbons (Fsp3) is 0.364. The van der Waals surface area contributed by atoms with Crippen molar-refractivity contribution in [3.63, 3.8) is 0 Å². The van der Waals surface area contributed by atoms with E-state index in [0.29, 0.717) is 5.69 Å².